The number of aromatic amines is 1. The average molecular weight is 202 g/mol. The largest absolute Gasteiger partial charge is 0.399 e. The van der Waals surface area contributed by atoms with Crippen LogP contribution in [0.3, 0.4) is 0 Å². The molecule has 1 aromatic heterocycles. The van der Waals surface area contributed by atoms with E-state index < -0.39 is 0 Å². The fourth-order valence-corrected chi connectivity index (χ4v) is 1.40. The highest BCUT2D eigenvalue weighted by Gasteiger charge is 1.99. The van der Waals surface area contributed by atoms with E-state index in [4.69, 9.17) is 5.73 Å². The summed E-state index contributed by atoms with van der Waals surface area (Å²) in [6, 6.07) is 7.78. The highest BCUT2D eigenvalue weighted by Crippen LogP contribution is 2.18. The number of nitrogens with one attached hydrogen (secondary N) is 2. The van der Waals surface area contributed by atoms with Crippen LogP contribution in [0, 0.1) is 6.92 Å². The van der Waals surface area contributed by atoms with E-state index in [2.05, 4.69) is 22.4 Å². The lowest BCUT2D eigenvalue weighted by Crippen LogP contribution is -2.02. The summed E-state index contributed by atoms with van der Waals surface area (Å²) in [5.41, 5.74) is 9.78. The molecule has 0 aliphatic rings. The Labute approximate surface area is 88.5 Å². The summed E-state index contributed by atoms with van der Waals surface area (Å²) in [6.45, 7) is 2.78. The molecule has 0 aliphatic heterocycles. The zero-order chi connectivity index (χ0) is 10.7. The van der Waals surface area contributed by atoms with Gasteiger partial charge in [-0.15, -0.1) is 0 Å². The molecule has 0 amide bonds. The Kier molecular flexibility index (Phi) is 2.58. The van der Waals surface area contributed by atoms with Crippen molar-refractivity contribution in [3.8, 4) is 0 Å². The molecular formula is C11H14N4. The first-order chi connectivity index (χ1) is 7.25. The second-order valence-electron chi connectivity index (χ2n) is 3.51. The summed E-state index contributed by atoms with van der Waals surface area (Å²) < 4.78 is 0. The van der Waals surface area contributed by atoms with Gasteiger partial charge in [-0.25, -0.2) is 0 Å². The van der Waals surface area contributed by atoms with E-state index in [9.17, 15) is 0 Å². The number of aromatic nitrogens is 2. The van der Waals surface area contributed by atoms with E-state index in [0.29, 0.717) is 0 Å². The number of nitrogen functional groups attached to an aromatic ring is 1. The average Bonchev–Trinajstić information content (AvgIpc) is 2.72. The van der Waals surface area contributed by atoms with Crippen molar-refractivity contribution in [2.75, 3.05) is 11.1 Å². The molecule has 4 heteroatoms. The topological polar surface area (TPSA) is 66.7 Å². The van der Waals surface area contributed by atoms with Crippen LogP contribution in [0.2, 0.25) is 0 Å². The number of nitrogens with two attached hydrogens (primary N) is 1. The molecule has 0 bridgehead atoms. The van der Waals surface area contributed by atoms with Crippen LogP contribution in [0.5, 0.6) is 0 Å². The lowest BCUT2D eigenvalue weighted by atomic mass is 10.2. The zero-order valence-corrected chi connectivity index (χ0v) is 8.62. The van der Waals surface area contributed by atoms with Gasteiger partial charge in [0.2, 0.25) is 0 Å². The van der Waals surface area contributed by atoms with Gasteiger partial charge in [-0.3, -0.25) is 5.10 Å². The second kappa shape index (κ2) is 4.04. The molecule has 0 saturated heterocycles. The maximum absolute atomic E-state index is 5.72. The van der Waals surface area contributed by atoms with Crippen molar-refractivity contribution in [2.45, 2.75) is 13.5 Å². The number of hydrogen-bond donors (Lipinski definition) is 3. The molecule has 2 rings (SSSR count). The highest BCUT2D eigenvalue weighted by molar-refractivity contribution is 5.59. The summed E-state index contributed by atoms with van der Waals surface area (Å²) in [7, 11) is 0. The maximum Gasteiger partial charge on any atom is 0.0567 e. The minimum absolute atomic E-state index is 0.726. The van der Waals surface area contributed by atoms with Crippen molar-refractivity contribution in [2.24, 2.45) is 0 Å². The quantitative estimate of drug-likeness (QED) is 0.666. The van der Waals surface area contributed by atoms with Gasteiger partial charge in [-0.2, -0.15) is 5.10 Å². The molecule has 4 nitrogen and oxygen atoms in total. The van der Waals surface area contributed by atoms with Gasteiger partial charge in [0, 0.05) is 17.6 Å². The third kappa shape index (κ3) is 2.28. The van der Waals surface area contributed by atoms with E-state index >= 15 is 0 Å². The van der Waals surface area contributed by atoms with Crippen molar-refractivity contribution in [3.63, 3.8) is 0 Å². The standard InChI is InChI=1S/C11H14N4/c1-8-2-3-9(12)6-11(8)13-7-10-4-5-14-15-10/h2-6,13H,7,12H2,1H3,(H,14,15). The molecule has 4 N–H and O–H groups in total. The van der Waals surface area contributed by atoms with E-state index in [1.165, 1.54) is 5.56 Å². The lowest BCUT2D eigenvalue weighted by molar-refractivity contribution is 0.980. The van der Waals surface area contributed by atoms with Crippen LogP contribution in [-0.4, -0.2) is 10.2 Å². The third-order valence-corrected chi connectivity index (χ3v) is 2.29. The van der Waals surface area contributed by atoms with Crippen molar-refractivity contribution < 1.29 is 0 Å². The molecule has 0 spiro atoms. The maximum atomic E-state index is 5.72. The molecule has 0 unspecified atom stereocenters. The number of aryl methyl sites for hydroxylation is 1. The minimum Gasteiger partial charge on any atom is -0.399 e. The Hall–Kier alpha value is -1.97. The van der Waals surface area contributed by atoms with E-state index in [0.717, 1.165) is 23.6 Å². The number of nitrogens with zero attached hydrogens (tertiary/aromatic N) is 1. The fourth-order valence-electron chi connectivity index (χ4n) is 1.40. The van der Waals surface area contributed by atoms with Gasteiger partial charge < -0.3 is 11.1 Å². The number of benzene rings is 1. The Morgan fingerprint density at radius 3 is 3.00 bits per heavy atom. The molecule has 1 heterocycles. The molecule has 0 radical (unpaired) electrons. The van der Waals surface area contributed by atoms with Gasteiger partial charge in [0.1, 0.15) is 0 Å². The monoisotopic (exact) mass is 202 g/mol. The molecular weight excluding hydrogens is 188 g/mol. The Balaban J connectivity index is 2.07. The summed E-state index contributed by atoms with van der Waals surface area (Å²) in [4.78, 5) is 0. The van der Waals surface area contributed by atoms with Gasteiger partial charge in [-0.1, -0.05) is 6.07 Å². The van der Waals surface area contributed by atoms with Gasteiger partial charge in [-0.05, 0) is 30.7 Å². The van der Waals surface area contributed by atoms with Crippen LogP contribution in [0.25, 0.3) is 0 Å². The van der Waals surface area contributed by atoms with E-state index in [-0.39, 0.29) is 0 Å². The highest BCUT2D eigenvalue weighted by atomic mass is 15.1. The Bertz CT molecular complexity index is 434. The van der Waals surface area contributed by atoms with Gasteiger partial charge in [0.05, 0.1) is 12.2 Å². The summed E-state index contributed by atoms with van der Waals surface area (Å²) >= 11 is 0. The van der Waals surface area contributed by atoms with Crippen molar-refractivity contribution >= 4 is 11.4 Å². The minimum atomic E-state index is 0.726. The Morgan fingerprint density at radius 2 is 2.27 bits per heavy atom. The van der Waals surface area contributed by atoms with Crippen LogP contribution in [0.15, 0.2) is 30.5 Å². The van der Waals surface area contributed by atoms with Crippen LogP contribution >= 0.6 is 0 Å². The van der Waals surface area contributed by atoms with Crippen molar-refractivity contribution in [1.29, 1.82) is 0 Å². The first-order valence-electron chi connectivity index (χ1n) is 4.84. The first kappa shape index (κ1) is 9.58. The Morgan fingerprint density at radius 1 is 1.40 bits per heavy atom. The number of rotatable bonds is 3. The summed E-state index contributed by atoms with van der Waals surface area (Å²) in [5.74, 6) is 0. The predicted octanol–water partition coefficient (Wildman–Crippen LogP) is 1.91. The van der Waals surface area contributed by atoms with Gasteiger partial charge in [0.15, 0.2) is 0 Å². The van der Waals surface area contributed by atoms with Crippen molar-refractivity contribution in [3.05, 3.63) is 41.7 Å². The summed E-state index contributed by atoms with van der Waals surface area (Å²) in [5, 5.41) is 10.1. The molecule has 0 atom stereocenters. The first-order valence-corrected chi connectivity index (χ1v) is 4.84. The van der Waals surface area contributed by atoms with Gasteiger partial charge in [0.25, 0.3) is 0 Å². The smallest absolute Gasteiger partial charge is 0.0567 e. The molecule has 0 aliphatic carbocycles. The second-order valence-corrected chi connectivity index (χ2v) is 3.51. The van der Waals surface area contributed by atoms with Crippen LogP contribution < -0.4 is 11.1 Å². The molecule has 0 fully saturated rings. The number of hydrogen-bond acceptors (Lipinski definition) is 3. The SMILES string of the molecule is Cc1ccc(N)cc1NCc1ccn[nH]1. The molecule has 1 aromatic carbocycles. The normalized spacial score (nSPS) is 10.2. The molecule has 0 saturated carbocycles. The van der Waals surface area contributed by atoms with Crippen molar-refractivity contribution in [1.82, 2.24) is 10.2 Å². The lowest BCUT2D eigenvalue weighted by Gasteiger charge is -2.09. The van der Waals surface area contributed by atoms with Crippen LogP contribution in [-0.2, 0) is 6.54 Å². The fraction of sp³-hybridized carbons (Fsp3) is 0.182. The predicted molar refractivity (Wildman–Crippen MR) is 61.5 cm³/mol. The van der Waals surface area contributed by atoms with Crippen LogP contribution in [0.4, 0.5) is 11.4 Å². The van der Waals surface area contributed by atoms with E-state index in [1.807, 2.05) is 24.3 Å². The van der Waals surface area contributed by atoms with Gasteiger partial charge >= 0.3 is 0 Å². The van der Waals surface area contributed by atoms with Crippen LogP contribution in [0.1, 0.15) is 11.3 Å². The number of H-pyrrole nitrogens is 1. The van der Waals surface area contributed by atoms with E-state index in [1.54, 1.807) is 6.20 Å². The molecule has 78 valence electrons. The molecule has 15 heavy (non-hydrogen) atoms. The number of anilines is 2. The molecule has 2 aromatic rings. The zero-order valence-electron chi connectivity index (χ0n) is 8.62. The summed E-state index contributed by atoms with van der Waals surface area (Å²) in [6.07, 6.45) is 1.74. The third-order valence-electron chi connectivity index (χ3n) is 2.29.